The van der Waals surface area contributed by atoms with Gasteiger partial charge in [0.15, 0.2) is 0 Å². The Morgan fingerprint density at radius 2 is 1.80 bits per heavy atom. The van der Waals surface area contributed by atoms with Gasteiger partial charge in [0, 0.05) is 22.2 Å². The zero-order valence-electron chi connectivity index (χ0n) is 13.1. The third kappa shape index (κ3) is 3.96. The summed E-state index contributed by atoms with van der Waals surface area (Å²) in [6.45, 7) is 2.29. The van der Waals surface area contributed by atoms with E-state index in [9.17, 15) is 13.2 Å². The maximum absolute atomic E-state index is 12.3. The third-order valence-electron chi connectivity index (χ3n) is 3.47. The van der Waals surface area contributed by atoms with Gasteiger partial charge in [0.05, 0.1) is 12.1 Å². The van der Waals surface area contributed by atoms with Crippen molar-refractivity contribution in [1.82, 2.24) is 4.98 Å². The van der Waals surface area contributed by atoms with Gasteiger partial charge in [-0.1, -0.05) is 23.7 Å². The fourth-order valence-corrected chi connectivity index (χ4v) is 2.65. The lowest BCUT2D eigenvalue weighted by Crippen LogP contribution is -2.16. The van der Waals surface area contributed by atoms with Gasteiger partial charge in [-0.3, -0.25) is 4.98 Å². The number of fused-ring (bicyclic) bond motifs is 1. The van der Waals surface area contributed by atoms with E-state index in [2.05, 4.69) is 9.72 Å². The van der Waals surface area contributed by atoms with Crippen LogP contribution < -0.4 is 9.47 Å². The highest BCUT2D eigenvalue weighted by molar-refractivity contribution is 6.31. The van der Waals surface area contributed by atoms with Crippen LogP contribution in [0.3, 0.4) is 0 Å². The van der Waals surface area contributed by atoms with Gasteiger partial charge in [-0.25, -0.2) is 0 Å². The van der Waals surface area contributed by atoms with Crippen LogP contribution in [0.25, 0.3) is 22.0 Å². The molecule has 130 valence electrons. The first-order chi connectivity index (χ1) is 11.9. The van der Waals surface area contributed by atoms with Crippen LogP contribution in [-0.2, 0) is 0 Å². The summed E-state index contributed by atoms with van der Waals surface area (Å²) in [7, 11) is 0. The van der Waals surface area contributed by atoms with E-state index >= 15 is 0 Å². The lowest BCUT2D eigenvalue weighted by Gasteiger charge is -2.14. The molecule has 0 unspecified atom stereocenters. The second-order valence-electron chi connectivity index (χ2n) is 5.17. The molecule has 2 aromatic carbocycles. The van der Waals surface area contributed by atoms with E-state index in [0.29, 0.717) is 34.0 Å². The average molecular weight is 368 g/mol. The van der Waals surface area contributed by atoms with Crippen LogP contribution in [0.5, 0.6) is 11.5 Å². The summed E-state index contributed by atoms with van der Waals surface area (Å²) in [5, 5.41) is 1.34. The van der Waals surface area contributed by atoms with E-state index in [-0.39, 0.29) is 5.75 Å². The van der Waals surface area contributed by atoms with E-state index in [1.54, 1.807) is 24.4 Å². The van der Waals surface area contributed by atoms with Gasteiger partial charge in [0.25, 0.3) is 0 Å². The van der Waals surface area contributed by atoms with Crippen LogP contribution in [-0.4, -0.2) is 18.0 Å². The number of halogens is 4. The molecule has 0 amide bonds. The van der Waals surface area contributed by atoms with E-state index in [1.165, 1.54) is 24.3 Å². The molecule has 0 aliphatic heterocycles. The topological polar surface area (TPSA) is 31.4 Å². The molecule has 0 bridgehead atoms. The Hall–Kier alpha value is -2.47. The molecule has 0 atom stereocenters. The quantitative estimate of drug-likeness (QED) is 0.579. The molecule has 1 aromatic heterocycles. The third-order valence-corrected chi connectivity index (χ3v) is 3.70. The molecule has 3 nitrogen and oxygen atoms in total. The summed E-state index contributed by atoms with van der Waals surface area (Å²) in [5.74, 6) is 0.323. The molecule has 1 heterocycles. The smallest absolute Gasteiger partial charge is 0.492 e. The number of hydrogen-bond donors (Lipinski definition) is 0. The van der Waals surface area contributed by atoms with Gasteiger partial charge in [0.2, 0.25) is 0 Å². The van der Waals surface area contributed by atoms with E-state index in [1.807, 2.05) is 6.92 Å². The van der Waals surface area contributed by atoms with Gasteiger partial charge < -0.3 is 9.47 Å². The molecular weight excluding hydrogens is 355 g/mol. The first-order valence-electron chi connectivity index (χ1n) is 7.44. The Labute approximate surface area is 147 Å². The molecule has 0 fully saturated rings. The van der Waals surface area contributed by atoms with Gasteiger partial charge in [-0.15, -0.1) is 13.2 Å². The maximum Gasteiger partial charge on any atom is 0.573 e. The van der Waals surface area contributed by atoms with E-state index in [0.717, 1.165) is 5.39 Å². The van der Waals surface area contributed by atoms with Gasteiger partial charge in [-0.2, -0.15) is 0 Å². The molecule has 0 N–H and O–H groups in total. The molecule has 0 saturated carbocycles. The van der Waals surface area contributed by atoms with Crippen LogP contribution in [0.2, 0.25) is 5.02 Å². The van der Waals surface area contributed by atoms with Crippen LogP contribution in [0.15, 0.2) is 48.7 Å². The Morgan fingerprint density at radius 3 is 2.44 bits per heavy atom. The van der Waals surface area contributed by atoms with Crippen LogP contribution >= 0.6 is 11.6 Å². The molecule has 0 spiro atoms. The summed E-state index contributed by atoms with van der Waals surface area (Å²) in [4.78, 5) is 4.37. The summed E-state index contributed by atoms with van der Waals surface area (Å²) in [5.41, 5.74) is 2.02. The van der Waals surface area contributed by atoms with Crippen molar-refractivity contribution < 1.29 is 22.6 Å². The van der Waals surface area contributed by atoms with Crippen molar-refractivity contribution >= 4 is 22.5 Å². The minimum Gasteiger partial charge on any atom is -0.492 e. The molecule has 3 rings (SSSR count). The summed E-state index contributed by atoms with van der Waals surface area (Å²) in [6, 6.07) is 10.8. The molecule has 7 heteroatoms. The van der Waals surface area contributed by atoms with Crippen molar-refractivity contribution in [2.75, 3.05) is 6.61 Å². The van der Waals surface area contributed by atoms with E-state index in [4.69, 9.17) is 16.3 Å². The normalized spacial score (nSPS) is 11.6. The highest BCUT2D eigenvalue weighted by atomic mass is 35.5. The highest BCUT2D eigenvalue weighted by Crippen LogP contribution is 2.37. The van der Waals surface area contributed by atoms with Gasteiger partial charge >= 0.3 is 6.36 Å². The number of nitrogens with zero attached hydrogens (tertiary/aromatic N) is 1. The molecule has 0 saturated heterocycles. The van der Waals surface area contributed by atoms with Crippen molar-refractivity contribution in [3.63, 3.8) is 0 Å². The van der Waals surface area contributed by atoms with Gasteiger partial charge in [0.1, 0.15) is 11.5 Å². The number of hydrogen-bond acceptors (Lipinski definition) is 3. The van der Waals surface area contributed by atoms with Crippen molar-refractivity contribution in [1.29, 1.82) is 0 Å². The van der Waals surface area contributed by atoms with Crippen LogP contribution in [0.1, 0.15) is 6.92 Å². The fraction of sp³-hybridized carbons (Fsp3) is 0.167. The monoisotopic (exact) mass is 367 g/mol. The highest BCUT2D eigenvalue weighted by Gasteiger charge is 2.31. The first-order valence-corrected chi connectivity index (χ1v) is 7.82. The molecular formula is C18H13ClF3NO2. The van der Waals surface area contributed by atoms with E-state index < -0.39 is 6.36 Å². The summed E-state index contributed by atoms with van der Waals surface area (Å²) in [6.07, 6.45) is -3.11. The lowest BCUT2D eigenvalue weighted by molar-refractivity contribution is -0.274. The second kappa shape index (κ2) is 6.80. The minimum absolute atomic E-state index is 0.283. The number of rotatable bonds is 4. The largest absolute Gasteiger partial charge is 0.573 e. The molecule has 0 aliphatic rings. The number of ether oxygens (including phenoxy) is 2. The molecule has 0 aliphatic carbocycles. The SMILES string of the molecule is CCOc1c(-c2ccc(OC(F)(F)F)cc2)cnc2cc(Cl)ccc12. The number of alkyl halides is 3. The predicted octanol–water partition coefficient (Wildman–Crippen LogP) is 5.85. The minimum atomic E-state index is -4.72. The average Bonchev–Trinajstić information content (AvgIpc) is 2.54. The zero-order chi connectivity index (χ0) is 18.0. The number of pyridine rings is 1. The van der Waals surface area contributed by atoms with Crippen LogP contribution in [0.4, 0.5) is 13.2 Å². The molecule has 0 radical (unpaired) electrons. The summed E-state index contributed by atoms with van der Waals surface area (Å²) >= 11 is 5.99. The van der Waals surface area contributed by atoms with Crippen LogP contribution in [0, 0.1) is 0 Å². The Morgan fingerprint density at radius 1 is 1.08 bits per heavy atom. The van der Waals surface area contributed by atoms with Crippen molar-refractivity contribution in [3.05, 3.63) is 53.7 Å². The second-order valence-corrected chi connectivity index (χ2v) is 5.60. The van der Waals surface area contributed by atoms with Gasteiger partial charge in [-0.05, 0) is 42.8 Å². The molecule has 25 heavy (non-hydrogen) atoms. The van der Waals surface area contributed by atoms with Crippen molar-refractivity contribution in [2.24, 2.45) is 0 Å². The standard InChI is InChI=1S/C18H13ClF3NO2/c1-2-24-17-14-8-5-12(19)9-16(14)23-10-15(17)11-3-6-13(7-4-11)25-18(20,21)22/h3-10H,2H2,1H3. The molecule has 3 aromatic rings. The zero-order valence-corrected chi connectivity index (χ0v) is 13.9. The Kier molecular flexibility index (Phi) is 4.72. The Balaban J connectivity index is 2.05. The predicted molar refractivity (Wildman–Crippen MR) is 90.0 cm³/mol. The van der Waals surface area contributed by atoms with Crippen molar-refractivity contribution in [3.8, 4) is 22.6 Å². The maximum atomic E-state index is 12.3. The van der Waals surface area contributed by atoms with Crippen molar-refractivity contribution in [2.45, 2.75) is 13.3 Å². The summed E-state index contributed by atoms with van der Waals surface area (Å²) < 4.78 is 46.5. The first kappa shape index (κ1) is 17.4. The Bertz CT molecular complexity index is 895. The fourth-order valence-electron chi connectivity index (χ4n) is 2.48. The lowest BCUT2D eigenvalue weighted by atomic mass is 10.0. The number of aromatic nitrogens is 1. The number of benzene rings is 2.